The average molecular weight is 410 g/mol. The summed E-state index contributed by atoms with van der Waals surface area (Å²) >= 11 is 0. The molecule has 1 aromatic carbocycles. The average Bonchev–Trinajstić information content (AvgIpc) is 3.27. The molecule has 30 heavy (non-hydrogen) atoms. The third-order valence-electron chi connectivity index (χ3n) is 5.12. The number of carbonyl (C=O) groups is 1. The first-order chi connectivity index (χ1) is 14.4. The lowest BCUT2D eigenvalue weighted by Gasteiger charge is -2.09. The summed E-state index contributed by atoms with van der Waals surface area (Å²) < 4.78 is 30.1. The van der Waals surface area contributed by atoms with Gasteiger partial charge in [-0.05, 0) is 19.9 Å². The van der Waals surface area contributed by atoms with Gasteiger partial charge in [0.05, 0.1) is 17.6 Å². The van der Waals surface area contributed by atoms with E-state index in [1.807, 2.05) is 27.0 Å². The van der Waals surface area contributed by atoms with Crippen LogP contribution in [0.5, 0.6) is 0 Å². The molecule has 4 aromatic rings. The van der Waals surface area contributed by atoms with Crippen molar-refractivity contribution in [3.63, 3.8) is 0 Å². The number of aryl methyl sites for hydroxylation is 2. The first-order valence-electron chi connectivity index (χ1n) is 9.36. The molecular formula is C21H20F2N6O. The normalized spacial score (nSPS) is 11.4. The van der Waals surface area contributed by atoms with E-state index in [1.54, 1.807) is 28.9 Å². The SMILES string of the molecule is Cc1nn(C)c(C)c1CNC(=O)c1cnn2c(C(F)F)cc(-c3ccccc3)nc12. The van der Waals surface area contributed by atoms with Crippen LogP contribution in [-0.2, 0) is 13.6 Å². The highest BCUT2D eigenvalue weighted by Gasteiger charge is 2.22. The third-order valence-corrected chi connectivity index (χ3v) is 5.12. The van der Waals surface area contributed by atoms with Crippen molar-refractivity contribution in [1.82, 2.24) is 29.7 Å². The van der Waals surface area contributed by atoms with Crippen molar-refractivity contribution >= 4 is 11.6 Å². The minimum absolute atomic E-state index is 0.0868. The van der Waals surface area contributed by atoms with Crippen LogP contribution in [0.2, 0.25) is 0 Å². The van der Waals surface area contributed by atoms with Crippen molar-refractivity contribution in [3.8, 4) is 11.3 Å². The van der Waals surface area contributed by atoms with Gasteiger partial charge in [0.25, 0.3) is 12.3 Å². The molecule has 3 aromatic heterocycles. The predicted octanol–water partition coefficient (Wildman–Crippen LogP) is 3.61. The summed E-state index contributed by atoms with van der Waals surface area (Å²) in [6, 6.07) is 10.3. The molecule has 4 rings (SSSR count). The number of hydrogen-bond acceptors (Lipinski definition) is 4. The van der Waals surface area contributed by atoms with E-state index in [0.29, 0.717) is 11.3 Å². The Morgan fingerprint density at radius 3 is 2.57 bits per heavy atom. The number of nitrogens with zero attached hydrogens (tertiary/aromatic N) is 5. The fraction of sp³-hybridized carbons (Fsp3) is 0.238. The minimum Gasteiger partial charge on any atom is -0.348 e. The number of amides is 1. The van der Waals surface area contributed by atoms with Crippen LogP contribution in [0.25, 0.3) is 16.9 Å². The van der Waals surface area contributed by atoms with Crippen LogP contribution in [0.4, 0.5) is 8.78 Å². The van der Waals surface area contributed by atoms with Crippen molar-refractivity contribution in [2.45, 2.75) is 26.8 Å². The number of aromatic nitrogens is 5. The number of halogens is 2. The molecule has 0 fully saturated rings. The number of alkyl halides is 2. The Bertz CT molecular complexity index is 1230. The molecule has 7 nitrogen and oxygen atoms in total. The minimum atomic E-state index is -2.77. The highest BCUT2D eigenvalue weighted by Crippen LogP contribution is 2.26. The van der Waals surface area contributed by atoms with E-state index in [1.165, 1.54) is 12.3 Å². The van der Waals surface area contributed by atoms with Crippen LogP contribution in [0.1, 0.15) is 39.4 Å². The molecule has 0 saturated heterocycles. The van der Waals surface area contributed by atoms with Crippen LogP contribution in [0.3, 0.4) is 0 Å². The van der Waals surface area contributed by atoms with Crippen molar-refractivity contribution in [2.24, 2.45) is 7.05 Å². The second kappa shape index (κ2) is 7.66. The quantitative estimate of drug-likeness (QED) is 0.545. The van der Waals surface area contributed by atoms with Gasteiger partial charge in [0, 0.05) is 30.4 Å². The summed E-state index contributed by atoms with van der Waals surface area (Å²) in [7, 11) is 1.83. The number of carbonyl (C=O) groups excluding carboxylic acids is 1. The van der Waals surface area contributed by atoms with E-state index in [2.05, 4.69) is 20.5 Å². The van der Waals surface area contributed by atoms with Gasteiger partial charge in [-0.25, -0.2) is 18.3 Å². The molecule has 0 aliphatic carbocycles. The smallest absolute Gasteiger partial charge is 0.280 e. The number of fused-ring (bicyclic) bond motifs is 1. The highest BCUT2D eigenvalue weighted by atomic mass is 19.3. The second-order valence-corrected chi connectivity index (χ2v) is 6.98. The Morgan fingerprint density at radius 2 is 1.93 bits per heavy atom. The molecule has 0 aliphatic rings. The Hall–Kier alpha value is -3.62. The molecule has 154 valence electrons. The van der Waals surface area contributed by atoms with E-state index < -0.39 is 12.3 Å². The zero-order valence-corrected chi connectivity index (χ0v) is 16.7. The largest absolute Gasteiger partial charge is 0.348 e. The highest BCUT2D eigenvalue weighted by molar-refractivity contribution is 5.99. The second-order valence-electron chi connectivity index (χ2n) is 6.98. The maximum absolute atomic E-state index is 13.7. The van der Waals surface area contributed by atoms with Gasteiger partial charge < -0.3 is 5.32 Å². The number of hydrogen-bond donors (Lipinski definition) is 1. The molecule has 0 spiro atoms. The van der Waals surface area contributed by atoms with Crippen molar-refractivity contribution in [3.05, 3.63) is 70.8 Å². The van der Waals surface area contributed by atoms with Crippen molar-refractivity contribution < 1.29 is 13.6 Å². The van der Waals surface area contributed by atoms with Crippen molar-refractivity contribution in [1.29, 1.82) is 0 Å². The molecule has 0 radical (unpaired) electrons. The molecule has 9 heteroatoms. The molecule has 0 aliphatic heterocycles. The topological polar surface area (TPSA) is 77.1 Å². The molecule has 1 N–H and O–H groups in total. The lowest BCUT2D eigenvalue weighted by molar-refractivity contribution is 0.0952. The van der Waals surface area contributed by atoms with E-state index in [0.717, 1.165) is 21.5 Å². The van der Waals surface area contributed by atoms with Gasteiger partial charge in [0.1, 0.15) is 11.3 Å². The van der Waals surface area contributed by atoms with Gasteiger partial charge in [-0.3, -0.25) is 9.48 Å². The number of benzene rings is 1. The first-order valence-corrected chi connectivity index (χ1v) is 9.36. The van der Waals surface area contributed by atoms with Crippen LogP contribution in [0.15, 0.2) is 42.6 Å². The Kier molecular flexibility index (Phi) is 5.03. The molecule has 0 unspecified atom stereocenters. The van der Waals surface area contributed by atoms with Gasteiger partial charge in [-0.15, -0.1) is 0 Å². The van der Waals surface area contributed by atoms with E-state index in [9.17, 15) is 13.6 Å². The monoisotopic (exact) mass is 410 g/mol. The maximum Gasteiger partial charge on any atom is 0.280 e. The molecule has 0 bridgehead atoms. The zero-order valence-electron chi connectivity index (χ0n) is 16.7. The lowest BCUT2D eigenvalue weighted by atomic mass is 10.1. The van der Waals surface area contributed by atoms with Crippen LogP contribution in [-0.4, -0.2) is 30.3 Å². The van der Waals surface area contributed by atoms with Gasteiger partial charge >= 0.3 is 0 Å². The number of rotatable bonds is 5. The summed E-state index contributed by atoms with van der Waals surface area (Å²) in [6.45, 7) is 4.05. The summed E-state index contributed by atoms with van der Waals surface area (Å²) in [5.41, 5.74) is 3.60. The molecular weight excluding hydrogens is 390 g/mol. The van der Waals surface area contributed by atoms with Crippen LogP contribution >= 0.6 is 0 Å². The summed E-state index contributed by atoms with van der Waals surface area (Å²) in [4.78, 5) is 17.3. The van der Waals surface area contributed by atoms with Crippen molar-refractivity contribution in [2.75, 3.05) is 0 Å². The Balaban J connectivity index is 1.72. The fourth-order valence-corrected chi connectivity index (χ4v) is 3.40. The standard InChI is InChI=1S/C21H20F2N6O/c1-12-15(13(2)28(3)27-12)10-24-21(30)16-11-25-29-18(19(22)23)9-17(26-20(16)29)14-7-5-4-6-8-14/h4-9,11,19H,10H2,1-3H3,(H,24,30). The third kappa shape index (κ3) is 3.42. The Labute approximate surface area is 171 Å². The summed E-state index contributed by atoms with van der Waals surface area (Å²) in [6.07, 6.45) is -1.50. The number of nitrogens with one attached hydrogen (secondary N) is 1. The summed E-state index contributed by atoms with van der Waals surface area (Å²) in [5, 5.41) is 11.1. The predicted molar refractivity (Wildman–Crippen MR) is 107 cm³/mol. The first kappa shape index (κ1) is 19.7. The molecule has 0 saturated carbocycles. The molecule has 1 amide bonds. The van der Waals surface area contributed by atoms with Gasteiger partial charge in [-0.2, -0.15) is 10.2 Å². The van der Waals surface area contributed by atoms with Gasteiger partial charge in [0.15, 0.2) is 5.65 Å². The zero-order chi connectivity index (χ0) is 21.4. The Morgan fingerprint density at radius 1 is 1.20 bits per heavy atom. The van der Waals surface area contributed by atoms with E-state index >= 15 is 0 Å². The fourth-order valence-electron chi connectivity index (χ4n) is 3.40. The van der Waals surface area contributed by atoms with Gasteiger partial charge in [0.2, 0.25) is 0 Å². The summed E-state index contributed by atoms with van der Waals surface area (Å²) in [5.74, 6) is -0.439. The van der Waals surface area contributed by atoms with Crippen LogP contribution < -0.4 is 5.32 Å². The molecule has 3 heterocycles. The van der Waals surface area contributed by atoms with Gasteiger partial charge in [-0.1, -0.05) is 30.3 Å². The van der Waals surface area contributed by atoms with E-state index in [4.69, 9.17) is 0 Å². The lowest BCUT2D eigenvalue weighted by Crippen LogP contribution is -2.23. The van der Waals surface area contributed by atoms with Crippen LogP contribution in [0, 0.1) is 13.8 Å². The van der Waals surface area contributed by atoms with E-state index in [-0.39, 0.29) is 23.4 Å². The molecule has 0 atom stereocenters. The maximum atomic E-state index is 13.7.